The fourth-order valence-corrected chi connectivity index (χ4v) is 2.94. The third kappa shape index (κ3) is 4.00. The Balaban J connectivity index is 1.50. The van der Waals surface area contributed by atoms with E-state index < -0.39 is 6.10 Å². The van der Waals surface area contributed by atoms with Crippen LogP contribution >= 0.6 is 11.6 Å². The number of hydrogen-bond acceptors (Lipinski definition) is 4. The molecular formula is C22H17ClN2O3. The highest BCUT2D eigenvalue weighted by Crippen LogP contribution is 2.27. The molecular weight excluding hydrogens is 376 g/mol. The number of halogens is 1. The maximum absolute atomic E-state index is 12.4. The van der Waals surface area contributed by atoms with Crippen LogP contribution < -0.4 is 10.1 Å². The van der Waals surface area contributed by atoms with Gasteiger partial charge in [0.2, 0.25) is 5.89 Å². The van der Waals surface area contributed by atoms with Crippen LogP contribution in [0.25, 0.3) is 22.6 Å². The largest absolute Gasteiger partial charge is 0.481 e. The number of nitrogens with zero attached hydrogens (tertiary/aromatic N) is 1. The van der Waals surface area contributed by atoms with E-state index in [1.165, 1.54) is 0 Å². The number of carbonyl (C=O) groups is 1. The van der Waals surface area contributed by atoms with Gasteiger partial charge in [-0.1, -0.05) is 35.9 Å². The van der Waals surface area contributed by atoms with Crippen LogP contribution in [0.15, 0.2) is 77.2 Å². The van der Waals surface area contributed by atoms with Gasteiger partial charge in [0.05, 0.1) is 0 Å². The van der Waals surface area contributed by atoms with Gasteiger partial charge in [0.15, 0.2) is 11.7 Å². The number of nitrogens with one attached hydrogen (secondary N) is 1. The molecule has 3 aromatic carbocycles. The van der Waals surface area contributed by atoms with Gasteiger partial charge in [-0.15, -0.1) is 0 Å². The molecule has 0 saturated carbocycles. The summed E-state index contributed by atoms with van der Waals surface area (Å²) in [4.78, 5) is 16.9. The Labute approximate surface area is 166 Å². The number of ether oxygens (including phenoxy) is 1. The third-order valence-electron chi connectivity index (χ3n) is 4.15. The maximum Gasteiger partial charge on any atom is 0.265 e. The topological polar surface area (TPSA) is 64.4 Å². The SMILES string of the molecule is C[C@H](Oc1ccccc1)C(=O)Nc1ccc2oc(-c3cccc(Cl)c3)nc2c1. The fourth-order valence-electron chi connectivity index (χ4n) is 2.75. The minimum atomic E-state index is -0.641. The van der Waals surface area contributed by atoms with Crippen molar-refractivity contribution in [1.82, 2.24) is 4.98 Å². The van der Waals surface area contributed by atoms with Gasteiger partial charge in [-0.05, 0) is 55.5 Å². The van der Waals surface area contributed by atoms with Gasteiger partial charge in [0.25, 0.3) is 5.91 Å². The number of fused-ring (bicyclic) bond motifs is 1. The lowest BCUT2D eigenvalue weighted by atomic mass is 10.2. The number of anilines is 1. The summed E-state index contributed by atoms with van der Waals surface area (Å²) >= 11 is 6.03. The van der Waals surface area contributed by atoms with Crippen LogP contribution in [0.3, 0.4) is 0 Å². The number of para-hydroxylation sites is 1. The number of aromatic nitrogens is 1. The molecule has 0 spiro atoms. The molecule has 0 bridgehead atoms. The monoisotopic (exact) mass is 392 g/mol. The Bertz CT molecular complexity index is 1130. The Hall–Kier alpha value is -3.31. The maximum atomic E-state index is 12.4. The molecule has 0 radical (unpaired) electrons. The molecule has 0 aliphatic heterocycles. The van der Waals surface area contributed by atoms with Gasteiger partial charge in [-0.3, -0.25) is 4.79 Å². The van der Waals surface area contributed by atoms with E-state index in [0.717, 1.165) is 5.56 Å². The van der Waals surface area contributed by atoms with Crippen LogP contribution in [-0.4, -0.2) is 17.0 Å². The van der Waals surface area contributed by atoms with E-state index in [1.807, 2.05) is 42.5 Å². The first-order valence-corrected chi connectivity index (χ1v) is 9.15. The van der Waals surface area contributed by atoms with Crippen molar-refractivity contribution in [3.05, 3.63) is 77.8 Å². The number of benzene rings is 3. The van der Waals surface area contributed by atoms with Gasteiger partial charge in [0.1, 0.15) is 11.3 Å². The van der Waals surface area contributed by atoms with Gasteiger partial charge >= 0.3 is 0 Å². The predicted octanol–water partition coefficient (Wildman–Crippen LogP) is 5.55. The number of oxazole rings is 1. The van der Waals surface area contributed by atoms with E-state index in [2.05, 4.69) is 10.3 Å². The lowest BCUT2D eigenvalue weighted by Crippen LogP contribution is -2.30. The molecule has 4 aromatic rings. The summed E-state index contributed by atoms with van der Waals surface area (Å²) in [5.74, 6) is 0.867. The highest BCUT2D eigenvalue weighted by Gasteiger charge is 2.16. The molecule has 1 heterocycles. The van der Waals surface area contributed by atoms with Gasteiger partial charge < -0.3 is 14.5 Å². The fraction of sp³-hybridized carbons (Fsp3) is 0.0909. The van der Waals surface area contributed by atoms with Crippen LogP contribution in [-0.2, 0) is 4.79 Å². The van der Waals surface area contributed by atoms with Crippen LogP contribution in [0.5, 0.6) is 5.75 Å². The molecule has 0 saturated heterocycles. The zero-order valence-corrected chi connectivity index (χ0v) is 15.8. The van der Waals surface area contributed by atoms with Crippen LogP contribution in [0.2, 0.25) is 5.02 Å². The predicted molar refractivity (Wildman–Crippen MR) is 110 cm³/mol. The second kappa shape index (κ2) is 7.74. The summed E-state index contributed by atoms with van der Waals surface area (Å²) in [6, 6.07) is 21.8. The van der Waals surface area contributed by atoms with Crippen molar-refractivity contribution >= 4 is 34.3 Å². The van der Waals surface area contributed by atoms with E-state index in [1.54, 1.807) is 37.3 Å². The molecule has 5 nitrogen and oxygen atoms in total. The average Bonchev–Trinajstić information content (AvgIpc) is 3.12. The third-order valence-corrected chi connectivity index (χ3v) is 4.39. The molecule has 0 aliphatic rings. The molecule has 6 heteroatoms. The summed E-state index contributed by atoms with van der Waals surface area (Å²) in [5, 5.41) is 3.46. The number of amides is 1. The Kier molecular flexibility index (Phi) is 5.00. The minimum Gasteiger partial charge on any atom is -0.481 e. The Morgan fingerprint density at radius 3 is 2.68 bits per heavy atom. The van der Waals surface area contributed by atoms with Crippen molar-refractivity contribution in [3.8, 4) is 17.2 Å². The van der Waals surface area contributed by atoms with Crippen molar-refractivity contribution in [2.24, 2.45) is 0 Å². The van der Waals surface area contributed by atoms with E-state index in [0.29, 0.717) is 33.4 Å². The standard InChI is InChI=1S/C22H17ClN2O3/c1-14(27-18-8-3-2-4-9-18)21(26)24-17-10-11-20-19(13-17)25-22(28-20)15-6-5-7-16(23)12-15/h2-14H,1H3,(H,24,26)/t14-/m0/s1. The van der Waals surface area contributed by atoms with Crippen LogP contribution in [0.1, 0.15) is 6.92 Å². The first-order chi connectivity index (χ1) is 13.6. The molecule has 1 N–H and O–H groups in total. The Morgan fingerprint density at radius 1 is 1.07 bits per heavy atom. The van der Waals surface area contributed by atoms with Crippen LogP contribution in [0.4, 0.5) is 5.69 Å². The molecule has 140 valence electrons. The van der Waals surface area contributed by atoms with E-state index in [-0.39, 0.29) is 5.91 Å². The summed E-state index contributed by atoms with van der Waals surface area (Å²) in [6.45, 7) is 1.70. The lowest BCUT2D eigenvalue weighted by Gasteiger charge is -2.14. The minimum absolute atomic E-state index is 0.248. The Morgan fingerprint density at radius 2 is 1.89 bits per heavy atom. The quantitative estimate of drug-likeness (QED) is 0.483. The second-order valence-electron chi connectivity index (χ2n) is 6.27. The molecule has 4 rings (SSSR count). The molecule has 0 fully saturated rings. The highest BCUT2D eigenvalue weighted by molar-refractivity contribution is 6.30. The molecule has 1 atom stereocenters. The molecule has 0 aliphatic carbocycles. The number of hydrogen-bond donors (Lipinski definition) is 1. The zero-order chi connectivity index (χ0) is 19.5. The normalized spacial score (nSPS) is 11.9. The number of rotatable bonds is 5. The van der Waals surface area contributed by atoms with Crippen molar-refractivity contribution in [2.75, 3.05) is 5.32 Å². The first-order valence-electron chi connectivity index (χ1n) is 8.77. The van der Waals surface area contributed by atoms with Crippen molar-refractivity contribution in [1.29, 1.82) is 0 Å². The van der Waals surface area contributed by atoms with Gasteiger partial charge in [0, 0.05) is 16.3 Å². The molecule has 28 heavy (non-hydrogen) atoms. The highest BCUT2D eigenvalue weighted by atomic mass is 35.5. The van der Waals surface area contributed by atoms with Gasteiger partial charge in [-0.2, -0.15) is 0 Å². The smallest absolute Gasteiger partial charge is 0.265 e. The zero-order valence-electron chi connectivity index (χ0n) is 15.1. The van der Waals surface area contributed by atoms with Crippen LogP contribution in [0, 0.1) is 0 Å². The summed E-state index contributed by atoms with van der Waals surface area (Å²) in [5.41, 5.74) is 2.68. The molecule has 1 aromatic heterocycles. The molecule has 1 amide bonds. The van der Waals surface area contributed by atoms with Crippen molar-refractivity contribution < 1.29 is 13.9 Å². The summed E-state index contributed by atoms with van der Waals surface area (Å²) in [6.07, 6.45) is -0.641. The van der Waals surface area contributed by atoms with E-state index >= 15 is 0 Å². The van der Waals surface area contributed by atoms with E-state index in [4.69, 9.17) is 20.8 Å². The summed E-state index contributed by atoms with van der Waals surface area (Å²) in [7, 11) is 0. The second-order valence-corrected chi connectivity index (χ2v) is 6.71. The number of carbonyl (C=O) groups excluding carboxylic acids is 1. The van der Waals surface area contributed by atoms with E-state index in [9.17, 15) is 4.79 Å². The average molecular weight is 393 g/mol. The van der Waals surface area contributed by atoms with Crippen molar-refractivity contribution in [2.45, 2.75) is 13.0 Å². The van der Waals surface area contributed by atoms with Gasteiger partial charge in [-0.25, -0.2) is 4.98 Å². The molecule has 0 unspecified atom stereocenters. The van der Waals surface area contributed by atoms with Crippen molar-refractivity contribution in [3.63, 3.8) is 0 Å². The summed E-state index contributed by atoms with van der Waals surface area (Å²) < 4.78 is 11.4. The first kappa shape index (κ1) is 18.1. The lowest BCUT2D eigenvalue weighted by molar-refractivity contribution is -0.122.